The molecule has 0 bridgehead atoms. The van der Waals surface area contributed by atoms with Crippen molar-refractivity contribution in [3.8, 4) is 23.7 Å². The van der Waals surface area contributed by atoms with Crippen LogP contribution in [0.1, 0.15) is 54.6 Å². The van der Waals surface area contributed by atoms with Crippen molar-refractivity contribution in [2.45, 2.75) is 63.3 Å². The van der Waals surface area contributed by atoms with Gasteiger partial charge in [-0.3, -0.25) is 9.69 Å². The van der Waals surface area contributed by atoms with Crippen LogP contribution in [0.15, 0.2) is 24.3 Å². The van der Waals surface area contributed by atoms with Crippen LogP contribution in [0.3, 0.4) is 0 Å². The summed E-state index contributed by atoms with van der Waals surface area (Å²) in [6.45, 7) is 2.85. The minimum atomic E-state index is -4.41. The summed E-state index contributed by atoms with van der Waals surface area (Å²) < 4.78 is 53.8. The SMILES string of the molecule is CN(C)C(=O)c1ccc(NCC#Cc2cc3c(n2CC(F)(F)F)=CCCC=3N(C)C2CCC(N3CC4(COC4)C3)CC2)c(OCC#N)c1. The Kier molecular flexibility index (Phi) is 9.69. The number of carbonyl (C=O) groups is 1. The number of hydrogen-bond donors (Lipinski definition) is 1. The van der Waals surface area contributed by atoms with Crippen molar-refractivity contribution in [1.29, 1.82) is 5.26 Å². The molecule has 3 heterocycles. The number of hydrogen-bond acceptors (Lipinski definition) is 7. The normalized spacial score (nSPS) is 21.4. The molecule has 1 aromatic carbocycles. The number of halogens is 3. The van der Waals surface area contributed by atoms with Crippen LogP contribution in [0.5, 0.6) is 5.75 Å². The number of aromatic nitrogens is 1. The van der Waals surface area contributed by atoms with Gasteiger partial charge in [-0.1, -0.05) is 12.0 Å². The van der Waals surface area contributed by atoms with Gasteiger partial charge in [0, 0.05) is 73.6 Å². The summed E-state index contributed by atoms with van der Waals surface area (Å²) in [5.41, 5.74) is 2.72. The zero-order valence-corrected chi connectivity index (χ0v) is 27.8. The van der Waals surface area contributed by atoms with Crippen molar-refractivity contribution >= 4 is 23.4 Å². The molecule has 256 valence electrons. The van der Waals surface area contributed by atoms with Crippen molar-refractivity contribution in [3.63, 3.8) is 0 Å². The van der Waals surface area contributed by atoms with Crippen LogP contribution < -0.4 is 20.6 Å². The van der Waals surface area contributed by atoms with Crippen molar-refractivity contribution < 1.29 is 27.4 Å². The molecule has 1 amide bonds. The highest BCUT2D eigenvalue weighted by Crippen LogP contribution is 2.41. The smallest absolute Gasteiger partial charge is 0.406 e. The summed E-state index contributed by atoms with van der Waals surface area (Å²) in [5, 5.41) is 13.5. The summed E-state index contributed by atoms with van der Waals surface area (Å²) in [5.74, 6) is 6.06. The second-order valence-corrected chi connectivity index (χ2v) is 13.7. The lowest BCUT2D eigenvalue weighted by Crippen LogP contribution is -2.68. The number of amides is 1. The number of likely N-dealkylation sites (tertiary alicyclic amines) is 1. The maximum atomic E-state index is 13.8. The molecule has 1 saturated carbocycles. The number of ether oxygens (including phenoxy) is 2. The van der Waals surface area contributed by atoms with E-state index in [4.69, 9.17) is 14.7 Å². The van der Waals surface area contributed by atoms with E-state index in [9.17, 15) is 18.0 Å². The minimum Gasteiger partial charge on any atom is -0.477 e. The molecule has 1 N–H and O–H groups in total. The van der Waals surface area contributed by atoms with Gasteiger partial charge in [0.1, 0.15) is 18.4 Å². The molecule has 0 radical (unpaired) electrons. The third-order valence-electron chi connectivity index (χ3n) is 10.1. The molecule has 0 unspecified atom stereocenters. The first-order valence-electron chi connectivity index (χ1n) is 16.6. The second-order valence-electron chi connectivity index (χ2n) is 13.7. The number of fused-ring (bicyclic) bond motifs is 1. The molecule has 9 nitrogen and oxygen atoms in total. The Balaban J connectivity index is 1.19. The van der Waals surface area contributed by atoms with Crippen LogP contribution in [0.4, 0.5) is 18.9 Å². The van der Waals surface area contributed by atoms with E-state index >= 15 is 0 Å². The van der Waals surface area contributed by atoms with Crippen LogP contribution >= 0.6 is 0 Å². The number of benzene rings is 1. The number of anilines is 1. The largest absolute Gasteiger partial charge is 0.477 e. The first-order valence-corrected chi connectivity index (χ1v) is 16.6. The standard InChI is InChI=1S/C36H43F3N6O3/c1-42(2)34(46)25-9-14-30(33(18-25)48-17-15-40)41-16-5-6-28-19-29-31(7-4-8-32(29)45(28)22-36(37,38)39)43(3)26-10-12-27(13-11-26)44-20-35(21-44)23-47-24-35/h8-9,14,18-19,26-27,41H,4,7,10-13,16-17,20-24H2,1-3H3. The Morgan fingerprint density at radius 1 is 1.15 bits per heavy atom. The Morgan fingerprint density at radius 2 is 1.90 bits per heavy atom. The molecule has 1 spiro atoms. The molecular weight excluding hydrogens is 621 g/mol. The van der Waals surface area contributed by atoms with Crippen molar-refractivity contribution in [2.24, 2.45) is 5.41 Å². The molecule has 2 aromatic rings. The van der Waals surface area contributed by atoms with E-state index in [0.717, 1.165) is 69.3 Å². The van der Waals surface area contributed by atoms with Gasteiger partial charge in [-0.05, 0) is 68.7 Å². The number of nitrogens with one attached hydrogen (secondary N) is 1. The molecule has 2 aliphatic heterocycles. The Labute approximate surface area is 279 Å². The lowest BCUT2D eigenvalue weighted by atomic mass is 9.75. The first-order chi connectivity index (χ1) is 23.0. The number of alkyl halides is 3. The Bertz CT molecular complexity index is 1750. The fourth-order valence-corrected chi connectivity index (χ4v) is 7.56. The topological polar surface area (TPSA) is 86.0 Å². The quantitative estimate of drug-likeness (QED) is 0.412. The van der Waals surface area contributed by atoms with Crippen LogP contribution in [-0.4, -0.2) is 104 Å². The van der Waals surface area contributed by atoms with Crippen LogP contribution in [0.2, 0.25) is 0 Å². The molecule has 3 fully saturated rings. The molecule has 12 heteroatoms. The molecule has 4 aliphatic rings. The van der Waals surface area contributed by atoms with E-state index in [1.807, 2.05) is 18.2 Å². The van der Waals surface area contributed by atoms with Gasteiger partial charge in [0.2, 0.25) is 0 Å². The lowest BCUT2D eigenvalue weighted by molar-refractivity contribution is -0.200. The number of carbonyl (C=O) groups excluding carboxylic acids is 1. The highest BCUT2D eigenvalue weighted by Gasteiger charge is 2.51. The van der Waals surface area contributed by atoms with Gasteiger partial charge < -0.3 is 29.2 Å². The summed E-state index contributed by atoms with van der Waals surface area (Å²) in [4.78, 5) is 18.8. The van der Waals surface area contributed by atoms with Crippen LogP contribution in [-0.2, 0) is 11.3 Å². The fourth-order valence-electron chi connectivity index (χ4n) is 7.56. The third-order valence-corrected chi connectivity index (χ3v) is 10.1. The average Bonchev–Trinajstić information content (AvgIpc) is 3.36. The monoisotopic (exact) mass is 664 g/mol. The van der Waals surface area contributed by atoms with E-state index in [1.165, 1.54) is 9.47 Å². The van der Waals surface area contributed by atoms with Crippen LogP contribution in [0, 0.1) is 28.6 Å². The van der Waals surface area contributed by atoms with Gasteiger partial charge in [0.15, 0.2) is 6.61 Å². The van der Waals surface area contributed by atoms with Gasteiger partial charge in [-0.2, -0.15) is 18.4 Å². The van der Waals surface area contributed by atoms with Crippen molar-refractivity contribution in [3.05, 3.63) is 46.1 Å². The van der Waals surface area contributed by atoms with E-state index in [-0.39, 0.29) is 19.1 Å². The predicted molar refractivity (Wildman–Crippen MR) is 176 cm³/mol. The highest BCUT2D eigenvalue weighted by atomic mass is 19.4. The van der Waals surface area contributed by atoms with E-state index in [2.05, 4.69) is 34.0 Å². The molecule has 6 rings (SSSR count). The molecule has 0 atom stereocenters. The maximum Gasteiger partial charge on any atom is 0.406 e. The fraction of sp³-hybridized carbons (Fsp3) is 0.556. The number of nitrogens with zero attached hydrogens (tertiary/aromatic N) is 5. The van der Waals surface area contributed by atoms with E-state index in [1.54, 1.807) is 32.3 Å². The maximum absolute atomic E-state index is 13.8. The van der Waals surface area contributed by atoms with Gasteiger partial charge in [0.25, 0.3) is 5.91 Å². The third kappa shape index (κ3) is 7.15. The minimum absolute atomic E-state index is 0.111. The second kappa shape index (κ2) is 13.8. The molecule has 48 heavy (non-hydrogen) atoms. The summed E-state index contributed by atoms with van der Waals surface area (Å²) in [6, 6.07) is 9.55. The number of nitriles is 1. The van der Waals surface area contributed by atoms with Crippen molar-refractivity contribution in [2.75, 3.05) is 65.9 Å². The van der Waals surface area contributed by atoms with Gasteiger partial charge in [0.05, 0.1) is 31.1 Å². The van der Waals surface area contributed by atoms with Crippen molar-refractivity contribution in [1.82, 2.24) is 19.3 Å². The first kappa shape index (κ1) is 33.8. The Hall–Kier alpha value is -4.13. The number of rotatable bonds is 9. The zero-order valence-electron chi connectivity index (χ0n) is 27.8. The molecule has 1 aromatic heterocycles. The Morgan fingerprint density at radius 3 is 2.54 bits per heavy atom. The van der Waals surface area contributed by atoms with E-state index in [0.29, 0.717) is 52.0 Å². The van der Waals surface area contributed by atoms with Gasteiger partial charge in [-0.15, -0.1) is 0 Å². The lowest BCUT2D eigenvalue weighted by Gasteiger charge is -2.58. The predicted octanol–water partition coefficient (Wildman–Crippen LogP) is 3.38. The molecular formula is C36H43F3N6O3. The molecule has 2 aliphatic carbocycles. The summed E-state index contributed by atoms with van der Waals surface area (Å²) in [6.07, 6.45) is 3.35. The highest BCUT2D eigenvalue weighted by molar-refractivity contribution is 5.95. The van der Waals surface area contributed by atoms with E-state index < -0.39 is 12.7 Å². The summed E-state index contributed by atoms with van der Waals surface area (Å²) in [7, 11) is 5.38. The average molecular weight is 665 g/mol. The summed E-state index contributed by atoms with van der Waals surface area (Å²) >= 11 is 0. The zero-order chi connectivity index (χ0) is 34.1. The molecule has 2 saturated heterocycles. The van der Waals surface area contributed by atoms with Gasteiger partial charge in [-0.25, -0.2) is 0 Å². The van der Waals surface area contributed by atoms with Gasteiger partial charge >= 0.3 is 6.18 Å². The van der Waals surface area contributed by atoms with Crippen LogP contribution in [0.25, 0.3) is 11.8 Å².